The molecule has 1 aliphatic carbocycles. The van der Waals surface area contributed by atoms with Crippen molar-refractivity contribution in [2.75, 3.05) is 18.0 Å². The monoisotopic (exact) mass is 310 g/mol. The summed E-state index contributed by atoms with van der Waals surface area (Å²) < 4.78 is 5.40. The summed E-state index contributed by atoms with van der Waals surface area (Å²) in [5, 5.41) is 3.11. The fraction of sp³-hybridized carbons (Fsp3) is 0.421. The second kappa shape index (κ2) is 6.11. The molecule has 1 aliphatic heterocycles. The highest BCUT2D eigenvalue weighted by Crippen LogP contribution is 2.47. The van der Waals surface area contributed by atoms with Gasteiger partial charge in [-0.3, -0.25) is 4.79 Å². The minimum Gasteiger partial charge on any atom is -0.469 e. The third kappa shape index (κ3) is 2.98. The van der Waals surface area contributed by atoms with Gasteiger partial charge in [-0.15, -0.1) is 0 Å². The highest BCUT2D eigenvalue weighted by atomic mass is 16.3. The molecule has 1 amide bonds. The lowest BCUT2D eigenvalue weighted by molar-refractivity contribution is -0.122. The largest absolute Gasteiger partial charge is 0.469 e. The van der Waals surface area contributed by atoms with Crippen molar-refractivity contribution in [1.82, 2.24) is 5.32 Å². The number of rotatable bonds is 5. The van der Waals surface area contributed by atoms with Crippen LogP contribution in [0.25, 0.3) is 0 Å². The summed E-state index contributed by atoms with van der Waals surface area (Å²) in [6.45, 7) is 2.84. The average Bonchev–Trinajstić information content (AvgIpc) is 3.01. The zero-order chi connectivity index (χ0) is 15.6. The Morgan fingerprint density at radius 2 is 2.00 bits per heavy atom. The second-order valence-corrected chi connectivity index (χ2v) is 6.50. The lowest BCUT2D eigenvalue weighted by Crippen LogP contribution is -2.27. The zero-order valence-electron chi connectivity index (χ0n) is 13.2. The van der Waals surface area contributed by atoms with Crippen LogP contribution in [0.4, 0.5) is 5.69 Å². The van der Waals surface area contributed by atoms with Crippen molar-refractivity contribution in [1.29, 1.82) is 0 Å². The summed E-state index contributed by atoms with van der Waals surface area (Å²) in [4.78, 5) is 14.8. The molecule has 4 nitrogen and oxygen atoms in total. The number of carbonyl (C=O) groups is 1. The van der Waals surface area contributed by atoms with Gasteiger partial charge in [0.25, 0.3) is 0 Å². The number of furan rings is 1. The van der Waals surface area contributed by atoms with Gasteiger partial charge >= 0.3 is 0 Å². The van der Waals surface area contributed by atoms with Gasteiger partial charge in [-0.05, 0) is 43.0 Å². The van der Waals surface area contributed by atoms with Gasteiger partial charge in [0, 0.05) is 37.2 Å². The van der Waals surface area contributed by atoms with E-state index in [0.717, 1.165) is 25.3 Å². The van der Waals surface area contributed by atoms with Gasteiger partial charge in [0.1, 0.15) is 5.76 Å². The van der Waals surface area contributed by atoms with E-state index in [-0.39, 0.29) is 17.7 Å². The topological polar surface area (TPSA) is 45.5 Å². The van der Waals surface area contributed by atoms with Crippen molar-refractivity contribution in [3.8, 4) is 0 Å². The number of para-hydroxylation sites is 1. The molecule has 0 radical (unpaired) electrons. The maximum Gasteiger partial charge on any atom is 0.224 e. The molecule has 1 saturated heterocycles. The van der Waals surface area contributed by atoms with Crippen LogP contribution in [-0.4, -0.2) is 19.0 Å². The molecule has 4 heteroatoms. The summed E-state index contributed by atoms with van der Waals surface area (Å²) >= 11 is 0. The van der Waals surface area contributed by atoms with Gasteiger partial charge < -0.3 is 14.6 Å². The first-order valence-corrected chi connectivity index (χ1v) is 8.47. The van der Waals surface area contributed by atoms with Gasteiger partial charge in [-0.2, -0.15) is 0 Å². The van der Waals surface area contributed by atoms with E-state index < -0.39 is 0 Å². The summed E-state index contributed by atoms with van der Waals surface area (Å²) in [6, 6.07) is 12.2. The number of hydrogen-bond acceptors (Lipinski definition) is 3. The quantitative estimate of drug-likeness (QED) is 0.921. The van der Waals surface area contributed by atoms with Gasteiger partial charge in [0.2, 0.25) is 5.91 Å². The van der Waals surface area contributed by atoms with Crippen molar-refractivity contribution in [3.05, 3.63) is 54.0 Å². The molecule has 2 fully saturated rings. The van der Waals surface area contributed by atoms with Crippen molar-refractivity contribution >= 4 is 11.6 Å². The van der Waals surface area contributed by atoms with Crippen molar-refractivity contribution < 1.29 is 9.21 Å². The predicted octanol–water partition coefficient (Wildman–Crippen LogP) is 3.30. The number of amides is 1. The Balaban J connectivity index is 1.37. The number of benzene rings is 1. The van der Waals surface area contributed by atoms with E-state index in [9.17, 15) is 4.79 Å². The first-order valence-electron chi connectivity index (χ1n) is 8.47. The first-order chi connectivity index (χ1) is 11.3. The molecular weight excluding hydrogens is 288 g/mol. The first kappa shape index (κ1) is 14.4. The molecule has 2 atom stereocenters. The molecule has 23 heavy (non-hydrogen) atoms. The van der Waals surface area contributed by atoms with E-state index in [1.165, 1.54) is 24.1 Å². The van der Waals surface area contributed by atoms with Crippen LogP contribution < -0.4 is 10.2 Å². The van der Waals surface area contributed by atoms with E-state index in [1.54, 1.807) is 6.26 Å². The van der Waals surface area contributed by atoms with Crippen LogP contribution in [0.2, 0.25) is 0 Å². The van der Waals surface area contributed by atoms with E-state index >= 15 is 0 Å². The van der Waals surface area contributed by atoms with Gasteiger partial charge in [-0.25, -0.2) is 0 Å². The van der Waals surface area contributed by atoms with Crippen LogP contribution in [0.15, 0.2) is 47.1 Å². The number of hydrogen-bond donors (Lipinski definition) is 1. The molecule has 1 N–H and O–H groups in total. The van der Waals surface area contributed by atoms with Crippen LogP contribution in [0.1, 0.15) is 36.5 Å². The average molecular weight is 310 g/mol. The van der Waals surface area contributed by atoms with Crippen molar-refractivity contribution in [2.24, 2.45) is 5.92 Å². The molecule has 120 valence electrons. The Labute approximate surface area is 136 Å². The van der Waals surface area contributed by atoms with Gasteiger partial charge in [-0.1, -0.05) is 18.2 Å². The number of nitrogens with one attached hydrogen (secondary N) is 1. The lowest BCUT2D eigenvalue weighted by Gasteiger charge is -2.21. The van der Waals surface area contributed by atoms with Gasteiger partial charge in [0.05, 0.1) is 6.26 Å². The summed E-state index contributed by atoms with van der Waals surface area (Å²) in [5.74, 6) is 1.41. The van der Waals surface area contributed by atoms with Crippen LogP contribution in [0.5, 0.6) is 0 Å². The Kier molecular flexibility index (Phi) is 3.82. The van der Waals surface area contributed by atoms with Crippen LogP contribution in [-0.2, 0) is 11.3 Å². The van der Waals surface area contributed by atoms with E-state index in [4.69, 9.17) is 4.42 Å². The van der Waals surface area contributed by atoms with E-state index in [2.05, 4.69) is 28.4 Å². The number of nitrogens with zero attached hydrogens (tertiary/aromatic N) is 1. The van der Waals surface area contributed by atoms with Crippen molar-refractivity contribution in [3.63, 3.8) is 0 Å². The Morgan fingerprint density at radius 1 is 1.17 bits per heavy atom. The normalized spacial score (nSPS) is 23.0. The molecule has 1 aromatic carbocycles. The summed E-state index contributed by atoms with van der Waals surface area (Å²) in [5.41, 5.74) is 2.47. The Bertz CT molecular complexity index is 674. The Hall–Kier alpha value is -2.23. The van der Waals surface area contributed by atoms with Crippen LogP contribution in [0.3, 0.4) is 0 Å². The van der Waals surface area contributed by atoms with Crippen LogP contribution in [0, 0.1) is 5.92 Å². The van der Waals surface area contributed by atoms with E-state index in [1.807, 2.05) is 18.2 Å². The molecule has 2 aliphatic rings. The molecule has 2 aromatic rings. The van der Waals surface area contributed by atoms with Crippen molar-refractivity contribution in [2.45, 2.75) is 31.7 Å². The Morgan fingerprint density at radius 3 is 2.78 bits per heavy atom. The van der Waals surface area contributed by atoms with E-state index in [0.29, 0.717) is 6.54 Å². The smallest absolute Gasteiger partial charge is 0.224 e. The number of carbonyl (C=O) groups excluding carboxylic acids is 1. The zero-order valence-corrected chi connectivity index (χ0v) is 13.2. The molecule has 2 heterocycles. The fourth-order valence-electron chi connectivity index (χ4n) is 3.54. The van der Waals surface area contributed by atoms with Gasteiger partial charge in [0.15, 0.2) is 0 Å². The predicted molar refractivity (Wildman–Crippen MR) is 89.3 cm³/mol. The minimum absolute atomic E-state index is 0.0695. The standard InChI is InChI=1S/C19H22N2O2/c22-19(16-12-15(16)18-8-5-11-23-18)20-13-14-6-1-2-7-17(14)21-9-3-4-10-21/h1-2,5-8,11,15-16H,3-4,9-10,12-13H2,(H,20,22)/t15-,16-/m0/s1. The minimum atomic E-state index is 0.0695. The fourth-order valence-corrected chi connectivity index (χ4v) is 3.54. The molecule has 0 bridgehead atoms. The molecule has 1 saturated carbocycles. The third-order valence-electron chi connectivity index (χ3n) is 4.93. The molecule has 1 aromatic heterocycles. The maximum absolute atomic E-state index is 12.4. The maximum atomic E-state index is 12.4. The lowest BCUT2D eigenvalue weighted by atomic mass is 10.1. The summed E-state index contributed by atoms with van der Waals surface area (Å²) in [7, 11) is 0. The highest BCUT2D eigenvalue weighted by Gasteiger charge is 2.45. The highest BCUT2D eigenvalue weighted by molar-refractivity contribution is 5.82. The number of anilines is 1. The third-order valence-corrected chi connectivity index (χ3v) is 4.93. The van der Waals surface area contributed by atoms with Crippen LogP contribution >= 0.6 is 0 Å². The molecular formula is C19H22N2O2. The molecule has 4 rings (SSSR count). The summed E-state index contributed by atoms with van der Waals surface area (Å²) in [6.07, 6.45) is 5.09. The molecule has 0 unspecified atom stereocenters. The second-order valence-electron chi connectivity index (χ2n) is 6.50. The SMILES string of the molecule is O=C(NCc1ccccc1N1CCCC1)[C@H]1C[C@@H]1c1ccco1. The molecule has 0 spiro atoms.